The normalized spacial score (nSPS) is 10.8. The molecular weight excluding hydrogens is 342 g/mol. The van der Waals surface area contributed by atoms with Gasteiger partial charge in [-0.25, -0.2) is 0 Å². The van der Waals surface area contributed by atoms with Crippen LogP contribution in [0.3, 0.4) is 0 Å². The Morgan fingerprint density at radius 1 is 1.19 bits per heavy atom. The third kappa shape index (κ3) is 2.81. The van der Waals surface area contributed by atoms with Crippen LogP contribution in [-0.2, 0) is 13.5 Å². The van der Waals surface area contributed by atoms with Gasteiger partial charge in [-0.15, -0.1) is 0 Å². The third-order valence-corrected chi connectivity index (χ3v) is 4.46. The maximum atomic E-state index is 13.2. The highest BCUT2D eigenvalue weighted by Gasteiger charge is 2.18. The van der Waals surface area contributed by atoms with E-state index in [1.165, 1.54) is 0 Å². The number of para-hydroxylation sites is 1. The van der Waals surface area contributed by atoms with Crippen LogP contribution in [0.5, 0.6) is 0 Å². The molecule has 0 bridgehead atoms. The topological polar surface area (TPSA) is 78.7 Å². The molecule has 1 aromatic carbocycles. The average Bonchev–Trinajstić information content (AvgIpc) is 3.24. The van der Waals surface area contributed by atoms with Gasteiger partial charge >= 0.3 is 0 Å². The van der Waals surface area contributed by atoms with Crippen molar-refractivity contribution in [3.63, 3.8) is 0 Å². The SMILES string of the molecule is CCc1nc2onc(C#Cc3cnn(C)c3C)c2c(=O)n1-c1ccccc1. The molecule has 7 heteroatoms. The van der Waals surface area contributed by atoms with Crippen molar-refractivity contribution in [2.45, 2.75) is 20.3 Å². The Bertz CT molecular complexity index is 1250. The van der Waals surface area contributed by atoms with Crippen LogP contribution in [0, 0.1) is 18.8 Å². The van der Waals surface area contributed by atoms with Crippen LogP contribution in [0.4, 0.5) is 0 Å². The number of fused-ring (bicyclic) bond motifs is 1. The van der Waals surface area contributed by atoms with E-state index in [9.17, 15) is 4.79 Å². The van der Waals surface area contributed by atoms with Crippen LogP contribution < -0.4 is 5.56 Å². The maximum absolute atomic E-state index is 13.2. The van der Waals surface area contributed by atoms with Crippen LogP contribution in [-0.4, -0.2) is 24.5 Å². The fourth-order valence-electron chi connectivity index (χ4n) is 2.86. The Balaban J connectivity index is 1.93. The largest absolute Gasteiger partial charge is 0.334 e. The lowest BCUT2D eigenvalue weighted by Gasteiger charge is -2.10. The summed E-state index contributed by atoms with van der Waals surface area (Å²) in [4.78, 5) is 17.7. The van der Waals surface area contributed by atoms with E-state index in [4.69, 9.17) is 4.52 Å². The van der Waals surface area contributed by atoms with Crippen LogP contribution in [0.2, 0.25) is 0 Å². The quantitative estimate of drug-likeness (QED) is 0.514. The number of hydrogen-bond donors (Lipinski definition) is 0. The predicted octanol–water partition coefficient (Wildman–Crippen LogP) is 2.38. The molecule has 3 heterocycles. The molecule has 4 rings (SSSR count). The van der Waals surface area contributed by atoms with E-state index in [1.807, 2.05) is 51.2 Å². The zero-order valence-electron chi connectivity index (χ0n) is 15.2. The number of nitrogens with zero attached hydrogens (tertiary/aromatic N) is 5. The fourth-order valence-corrected chi connectivity index (χ4v) is 2.86. The number of rotatable bonds is 2. The van der Waals surface area contributed by atoms with Gasteiger partial charge in [-0.3, -0.25) is 14.0 Å². The van der Waals surface area contributed by atoms with Crippen molar-refractivity contribution in [1.82, 2.24) is 24.5 Å². The Hall–Kier alpha value is -3.66. The smallest absolute Gasteiger partial charge is 0.272 e. The molecule has 3 aromatic heterocycles. The van der Waals surface area contributed by atoms with E-state index in [0.29, 0.717) is 12.2 Å². The van der Waals surface area contributed by atoms with Gasteiger partial charge in [0.05, 0.1) is 23.1 Å². The van der Waals surface area contributed by atoms with Gasteiger partial charge in [0.25, 0.3) is 11.3 Å². The minimum Gasteiger partial charge on any atom is -0.334 e. The molecule has 7 nitrogen and oxygen atoms in total. The summed E-state index contributed by atoms with van der Waals surface area (Å²) in [6.45, 7) is 3.87. The second kappa shape index (κ2) is 6.57. The van der Waals surface area contributed by atoms with Crippen molar-refractivity contribution in [3.8, 4) is 17.5 Å². The molecule has 0 fully saturated rings. The number of aromatic nitrogens is 5. The first-order valence-corrected chi connectivity index (χ1v) is 8.57. The summed E-state index contributed by atoms with van der Waals surface area (Å²) in [6.07, 6.45) is 2.26. The minimum atomic E-state index is -0.239. The van der Waals surface area contributed by atoms with E-state index in [2.05, 4.69) is 27.1 Å². The third-order valence-electron chi connectivity index (χ3n) is 4.46. The van der Waals surface area contributed by atoms with Crippen LogP contribution in [0.15, 0.2) is 45.8 Å². The zero-order valence-corrected chi connectivity index (χ0v) is 15.2. The summed E-state index contributed by atoms with van der Waals surface area (Å²) in [5.41, 5.74) is 2.70. The second-order valence-corrected chi connectivity index (χ2v) is 6.09. The fraction of sp³-hybridized carbons (Fsp3) is 0.200. The molecular formula is C20H17N5O2. The lowest BCUT2D eigenvalue weighted by atomic mass is 10.2. The standard InChI is InChI=1S/C20H17N5O2/c1-4-17-22-19-18(20(26)25(17)15-8-6-5-7-9-15)16(23-27-19)11-10-14-12-21-24(3)13(14)2/h5-9,12H,4H2,1-3H3. The molecule has 0 N–H and O–H groups in total. The van der Waals surface area contributed by atoms with Crippen molar-refractivity contribution >= 4 is 11.1 Å². The zero-order chi connectivity index (χ0) is 19.0. The van der Waals surface area contributed by atoms with Crippen molar-refractivity contribution in [2.75, 3.05) is 0 Å². The number of aryl methyl sites for hydroxylation is 2. The first-order valence-electron chi connectivity index (χ1n) is 8.57. The predicted molar refractivity (Wildman–Crippen MR) is 101 cm³/mol. The summed E-state index contributed by atoms with van der Waals surface area (Å²) in [6, 6.07) is 9.40. The Kier molecular flexibility index (Phi) is 4.09. The van der Waals surface area contributed by atoms with Gasteiger partial charge in [-0.1, -0.05) is 36.2 Å². The van der Waals surface area contributed by atoms with E-state index in [0.717, 1.165) is 16.9 Å². The number of benzene rings is 1. The van der Waals surface area contributed by atoms with E-state index in [-0.39, 0.29) is 22.4 Å². The molecule has 0 aliphatic heterocycles. The molecule has 0 spiro atoms. The highest BCUT2D eigenvalue weighted by Crippen LogP contribution is 2.16. The maximum Gasteiger partial charge on any atom is 0.272 e. The minimum absolute atomic E-state index is 0.205. The summed E-state index contributed by atoms with van der Waals surface area (Å²) >= 11 is 0. The summed E-state index contributed by atoms with van der Waals surface area (Å²) < 4.78 is 8.61. The van der Waals surface area contributed by atoms with Crippen LogP contribution in [0.1, 0.15) is 29.7 Å². The highest BCUT2D eigenvalue weighted by atomic mass is 16.5. The first kappa shape index (κ1) is 16.8. The van der Waals surface area contributed by atoms with Crippen molar-refractivity contribution < 1.29 is 4.52 Å². The summed E-state index contributed by atoms with van der Waals surface area (Å²) in [5.74, 6) is 6.55. The van der Waals surface area contributed by atoms with Crippen molar-refractivity contribution in [1.29, 1.82) is 0 Å². The molecule has 0 saturated carbocycles. The molecule has 0 aliphatic carbocycles. The molecule has 134 valence electrons. The first-order chi connectivity index (χ1) is 13.1. The molecule has 0 aliphatic rings. The molecule has 0 amide bonds. The van der Waals surface area contributed by atoms with Crippen molar-refractivity contribution in [2.24, 2.45) is 7.05 Å². The summed E-state index contributed by atoms with van der Waals surface area (Å²) in [7, 11) is 1.85. The lowest BCUT2D eigenvalue weighted by molar-refractivity contribution is 0.444. The second-order valence-electron chi connectivity index (χ2n) is 6.09. The molecule has 0 atom stereocenters. The Morgan fingerprint density at radius 3 is 2.63 bits per heavy atom. The van der Waals surface area contributed by atoms with Gasteiger partial charge in [0.1, 0.15) is 11.2 Å². The molecule has 4 aromatic rings. The van der Waals surface area contributed by atoms with E-state index in [1.54, 1.807) is 15.4 Å². The molecule has 0 unspecified atom stereocenters. The molecule has 0 radical (unpaired) electrons. The van der Waals surface area contributed by atoms with Gasteiger partial charge in [0.2, 0.25) is 0 Å². The average molecular weight is 359 g/mol. The van der Waals surface area contributed by atoms with E-state index >= 15 is 0 Å². The summed E-state index contributed by atoms with van der Waals surface area (Å²) in [5, 5.41) is 8.41. The van der Waals surface area contributed by atoms with Gasteiger partial charge in [0.15, 0.2) is 5.69 Å². The molecule has 27 heavy (non-hydrogen) atoms. The van der Waals surface area contributed by atoms with Crippen LogP contribution >= 0.6 is 0 Å². The number of hydrogen-bond acceptors (Lipinski definition) is 5. The van der Waals surface area contributed by atoms with Gasteiger partial charge < -0.3 is 4.52 Å². The van der Waals surface area contributed by atoms with Crippen LogP contribution in [0.25, 0.3) is 16.8 Å². The lowest BCUT2D eigenvalue weighted by Crippen LogP contribution is -2.23. The monoisotopic (exact) mass is 359 g/mol. The Morgan fingerprint density at radius 2 is 1.96 bits per heavy atom. The molecule has 0 saturated heterocycles. The Labute approximate surface area is 155 Å². The van der Waals surface area contributed by atoms with Gasteiger partial charge in [0, 0.05) is 13.5 Å². The van der Waals surface area contributed by atoms with Gasteiger partial charge in [-0.2, -0.15) is 10.1 Å². The van der Waals surface area contributed by atoms with Crippen molar-refractivity contribution in [3.05, 3.63) is 69.7 Å². The van der Waals surface area contributed by atoms with E-state index < -0.39 is 0 Å². The highest BCUT2D eigenvalue weighted by molar-refractivity contribution is 5.78. The van der Waals surface area contributed by atoms with Gasteiger partial charge in [-0.05, 0) is 25.0 Å².